The van der Waals surface area contributed by atoms with Crippen molar-refractivity contribution in [2.75, 3.05) is 20.1 Å². The third kappa shape index (κ3) is 4.61. The number of rotatable bonds is 6. The summed E-state index contributed by atoms with van der Waals surface area (Å²) in [5, 5.41) is 5.93. The summed E-state index contributed by atoms with van der Waals surface area (Å²) in [4.78, 5) is 10.9. The summed E-state index contributed by atoms with van der Waals surface area (Å²) in [5.74, 6) is 1.07. The molecule has 14 heavy (non-hydrogen) atoms. The van der Waals surface area contributed by atoms with Gasteiger partial charge in [-0.3, -0.25) is 4.79 Å². The van der Waals surface area contributed by atoms with Crippen molar-refractivity contribution in [3.8, 4) is 0 Å². The fraction of sp³-hybridized carbons (Fsp3) is 0.909. The van der Waals surface area contributed by atoms with Crippen LogP contribution in [0.2, 0.25) is 0 Å². The lowest BCUT2D eigenvalue weighted by Gasteiger charge is -2.09. The maximum atomic E-state index is 10.9. The molecule has 2 N–H and O–H groups in total. The van der Waals surface area contributed by atoms with E-state index in [0.717, 1.165) is 19.0 Å². The standard InChI is InChI=1S/C11H22N2O/c1-12-11(14)7-9-13-8-6-10-4-2-3-5-10/h10,13H,2-9H2,1H3,(H,12,14). The molecule has 1 rings (SSSR count). The minimum absolute atomic E-state index is 0.123. The number of carbonyl (C=O) groups excluding carboxylic acids is 1. The quantitative estimate of drug-likeness (QED) is 0.631. The molecule has 1 aliphatic rings. The van der Waals surface area contributed by atoms with E-state index in [0.29, 0.717) is 6.42 Å². The van der Waals surface area contributed by atoms with Gasteiger partial charge in [-0.2, -0.15) is 0 Å². The Morgan fingerprint density at radius 1 is 1.29 bits per heavy atom. The van der Waals surface area contributed by atoms with E-state index in [-0.39, 0.29) is 5.91 Å². The van der Waals surface area contributed by atoms with Crippen LogP contribution in [0.3, 0.4) is 0 Å². The molecule has 1 fully saturated rings. The van der Waals surface area contributed by atoms with Gasteiger partial charge in [0.05, 0.1) is 0 Å². The third-order valence-corrected chi connectivity index (χ3v) is 3.01. The van der Waals surface area contributed by atoms with Crippen molar-refractivity contribution in [3.63, 3.8) is 0 Å². The molecule has 0 saturated heterocycles. The van der Waals surface area contributed by atoms with E-state index in [1.54, 1.807) is 7.05 Å². The average molecular weight is 198 g/mol. The molecule has 0 aromatic heterocycles. The van der Waals surface area contributed by atoms with Crippen LogP contribution in [0, 0.1) is 5.92 Å². The lowest BCUT2D eigenvalue weighted by Crippen LogP contribution is -2.25. The number of amides is 1. The Labute approximate surface area is 86.6 Å². The highest BCUT2D eigenvalue weighted by molar-refractivity contribution is 5.75. The van der Waals surface area contributed by atoms with Gasteiger partial charge in [0.1, 0.15) is 0 Å². The zero-order valence-corrected chi connectivity index (χ0v) is 9.14. The zero-order valence-electron chi connectivity index (χ0n) is 9.14. The van der Waals surface area contributed by atoms with Crippen molar-refractivity contribution in [2.45, 2.75) is 38.5 Å². The van der Waals surface area contributed by atoms with Crippen molar-refractivity contribution < 1.29 is 4.79 Å². The lowest BCUT2D eigenvalue weighted by molar-refractivity contribution is -0.120. The molecule has 1 aliphatic carbocycles. The molecule has 0 bridgehead atoms. The predicted molar refractivity (Wildman–Crippen MR) is 58.1 cm³/mol. The Bertz CT molecular complexity index is 165. The normalized spacial score (nSPS) is 17.2. The second-order valence-corrected chi connectivity index (χ2v) is 4.11. The molecule has 0 aliphatic heterocycles. The Morgan fingerprint density at radius 3 is 2.64 bits per heavy atom. The molecule has 1 saturated carbocycles. The Morgan fingerprint density at radius 2 is 2.00 bits per heavy atom. The first-order chi connectivity index (χ1) is 6.83. The summed E-state index contributed by atoms with van der Waals surface area (Å²) < 4.78 is 0. The van der Waals surface area contributed by atoms with Crippen LogP contribution in [-0.2, 0) is 4.79 Å². The fourth-order valence-electron chi connectivity index (χ4n) is 2.06. The summed E-state index contributed by atoms with van der Waals surface area (Å²) in [6.07, 6.45) is 7.55. The molecule has 1 amide bonds. The molecular weight excluding hydrogens is 176 g/mol. The number of hydrogen-bond donors (Lipinski definition) is 2. The van der Waals surface area contributed by atoms with Gasteiger partial charge in [-0.15, -0.1) is 0 Å². The SMILES string of the molecule is CNC(=O)CCNCCC1CCCC1. The summed E-state index contributed by atoms with van der Waals surface area (Å²) in [6, 6.07) is 0. The monoisotopic (exact) mass is 198 g/mol. The predicted octanol–water partition coefficient (Wildman–Crippen LogP) is 1.29. The van der Waals surface area contributed by atoms with Gasteiger partial charge < -0.3 is 10.6 Å². The Kier molecular flexibility index (Phi) is 5.60. The van der Waals surface area contributed by atoms with Crippen molar-refractivity contribution in [2.24, 2.45) is 5.92 Å². The zero-order chi connectivity index (χ0) is 10.2. The van der Waals surface area contributed by atoms with E-state index >= 15 is 0 Å². The van der Waals surface area contributed by atoms with Gasteiger partial charge in [0, 0.05) is 20.0 Å². The van der Waals surface area contributed by atoms with Crippen LogP contribution < -0.4 is 10.6 Å². The number of nitrogens with one attached hydrogen (secondary N) is 2. The van der Waals surface area contributed by atoms with Crippen LogP contribution in [0.5, 0.6) is 0 Å². The van der Waals surface area contributed by atoms with Gasteiger partial charge in [0.2, 0.25) is 5.91 Å². The maximum Gasteiger partial charge on any atom is 0.221 e. The topological polar surface area (TPSA) is 41.1 Å². The summed E-state index contributed by atoms with van der Waals surface area (Å²) in [6.45, 7) is 1.88. The van der Waals surface area contributed by atoms with Crippen LogP contribution in [0.15, 0.2) is 0 Å². The van der Waals surface area contributed by atoms with Crippen molar-refractivity contribution in [1.82, 2.24) is 10.6 Å². The third-order valence-electron chi connectivity index (χ3n) is 3.01. The summed E-state index contributed by atoms with van der Waals surface area (Å²) in [5.41, 5.74) is 0. The second-order valence-electron chi connectivity index (χ2n) is 4.11. The van der Waals surface area contributed by atoms with Crippen molar-refractivity contribution >= 4 is 5.91 Å². The minimum Gasteiger partial charge on any atom is -0.359 e. The number of carbonyl (C=O) groups is 1. The Balaban J connectivity index is 1.86. The molecule has 0 atom stereocenters. The van der Waals surface area contributed by atoms with Crippen molar-refractivity contribution in [1.29, 1.82) is 0 Å². The van der Waals surface area contributed by atoms with Gasteiger partial charge >= 0.3 is 0 Å². The Hall–Kier alpha value is -0.570. The smallest absolute Gasteiger partial charge is 0.221 e. The average Bonchev–Trinajstić information content (AvgIpc) is 2.69. The van der Waals surface area contributed by atoms with E-state index in [4.69, 9.17) is 0 Å². The molecule has 3 nitrogen and oxygen atoms in total. The van der Waals surface area contributed by atoms with Crippen LogP contribution in [0.1, 0.15) is 38.5 Å². The first-order valence-corrected chi connectivity index (χ1v) is 5.74. The van der Waals surface area contributed by atoms with Crippen molar-refractivity contribution in [3.05, 3.63) is 0 Å². The highest BCUT2D eigenvalue weighted by Gasteiger charge is 2.13. The minimum atomic E-state index is 0.123. The largest absolute Gasteiger partial charge is 0.359 e. The lowest BCUT2D eigenvalue weighted by atomic mass is 10.0. The van der Waals surface area contributed by atoms with Crippen LogP contribution in [-0.4, -0.2) is 26.0 Å². The van der Waals surface area contributed by atoms with Crippen LogP contribution in [0.4, 0.5) is 0 Å². The first kappa shape index (κ1) is 11.5. The van der Waals surface area contributed by atoms with Gasteiger partial charge in [-0.05, 0) is 18.9 Å². The fourth-order valence-corrected chi connectivity index (χ4v) is 2.06. The molecular formula is C11H22N2O. The van der Waals surface area contributed by atoms with Gasteiger partial charge in [0.25, 0.3) is 0 Å². The number of hydrogen-bond acceptors (Lipinski definition) is 2. The molecule has 0 aromatic carbocycles. The molecule has 0 spiro atoms. The highest BCUT2D eigenvalue weighted by atomic mass is 16.1. The van der Waals surface area contributed by atoms with E-state index in [9.17, 15) is 4.79 Å². The first-order valence-electron chi connectivity index (χ1n) is 5.74. The van der Waals surface area contributed by atoms with E-state index < -0.39 is 0 Å². The highest BCUT2D eigenvalue weighted by Crippen LogP contribution is 2.26. The van der Waals surface area contributed by atoms with Gasteiger partial charge in [-0.1, -0.05) is 25.7 Å². The summed E-state index contributed by atoms with van der Waals surface area (Å²) >= 11 is 0. The van der Waals surface area contributed by atoms with Crippen LogP contribution >= 0.6 is 0 Å². The molecule has 3 heteroatoms. The molecule has 0 unspecified atom stereocenters. The molecule has 0 radical (unpaired) electrons. The second kappa shape index (κ2) is 6.82. The molecule has 82 valence electrons. The molecule has 0 aromatic rings. The van der Waals surface area contributed by atoms with Crippen LogP contribution in [0.25, 0.3) is 0 Å². The van der Waals surface area contributed by atoms with E-state index in [1.807, 2.05) is 0 Å². The van der Waals surface area contributed by atoms with Gasteiger partial charge in [-0.25, -0.2) is 0 Å². The molecule has 0 heterocycles. The van der Waals surface area contributed by atoms with E-state index in [1.165, 1.54) is 32.1 Å². The van der Waals surface area contributed by atoms with E-state index in [2.05, 4.69) is 10.6 Å². The van der Waals surface area contributed by atoms with Gasteiger partial charge in [0.15, 0.2) is 0 Å². The maximum absolute atomic E-state index is 10.9. The summed E-state index contributed by atoms with van der Waals surface area (Å²) in [7, 11) is 1.68.